The van der Waals surface area contributed by atoms with Crippen LogP contribution in [0, 0.1) is 12.3 Å². The summed E-state index contributed by atoms with van der Waals surface area (Å²) in [6.45, 7) is 1.93. The molecular formula is C22H24O4. The molecule has 2 atom stereocenters. The lowest BCUT2D eigenvalue weighted by molar-refractivity contribution is -0.158. The normalized spacial score (nSPS) is 22.0. The molecule has 0 bridgehead atoms. The minimum Gasteiger partial charge on any atom is -0.468 e. The maximum Gasteiger partial charge on any atom is 0.338 e. The molecule has 0 aliphatic heterocycles. The summed E-state index contributed by atoms with van der Waals surface area (Å²) in [6.07, 6.45) is 2.17. The molecule has 2 aromatic rings. The number of hydrogen-bond acceptors (Lipinski definition) is 4. The van der Waals surface area contributed by atoms with Crippen LogP contribution in [-0.2, 0) is 20.7 Å². The van der Waals surface area contributed by atoms with Crippen LogP contribution in [0.4, 0.5) is 0 Å². The molecule has 2 unspecified atom stereocenters. The second kappa shape index (κ2) is 7.73. The fourth-order valence-electron chi connectivity index (χ4n) is 3.85. The highest BCUT2D eigenvalue weighted by Crippen LogP contribution is 2.44. The Morgan fingerprint density at radius 3 is 2.58 bits per heavy atom. The van der Waals surface area contributed by atoms with E-state index in [-0.39, 0.29) is 11.9 Å². The van der Waals surface area contributed by atoms with Gasteiger partial charge in [0.15, 0.2) is 0 Å². The zero-order chi connectivity index (χ0) is 18.6. The molecule has 1 aliphatic rings. The fourth-order valence-corrected chi connectivity index (χ4v) is 3.85. The van der Waals surface area contributed by atoms with Crippen LogP contribution in [0.3, 0.4) is 0 Å². The summed E-state index contributed by atoms with van der Waals surface area (Å²) in [5.41, 5.74) is 1.72. The highest BCUT2D eigenvalue weighted by Gasteiger charge is 2.52. The van der Waals surface area contributed by atoms with Crippen LogP contribution in [0.1, 0.15) is 40.7 Å². The van der Waals surface area contributed by atoms with E-state index in [1.54, 1.807) is 12.1 Å². The van der Waals surface area contributed by atoms with Gasteiger partial charge in [0.05, 0.1) is 12.7 Å². The number of aryl methyl sites for hydroxylation is 1. The van der Waals surface area contributed by atoms with Crippen LogP contribution < -0.4 is 0 Å². The Balaban J connectivity index is 1.86. The molecule has 0 amide bonds. The average molecular weight is 352 g/mol. The van der Waals surface area contributed by atoms with Crippen LogP contribution in [0.25, 0.3) is 0 Å². The predicted molar refractivity (Wildman–Crippen MR) is 98.8 cm³/mol. The lowest BCUT2D eigenvalue weighted by Gasteiger charge is -2.32. The molecule has 1 saturated carbocycles. The van der Waals surface area contributed by atoms with Gasteiger partial charge in [-0.25, -0.2) is 4.79 Å². The van der Waals surface area contributed by atoms with Crippen molar-refractivity contribution in [3.8, 4) is 0 Å². The minimum atomic E-state index is -0.824. The van der Waals surface area contributed by atoms with Crippen molar-refractivity contribution in [2.75, 3.05) is 7.11 Å². The van der Waals surface area contributed by atoms with Gasteiger partial charge < -0.3 is 9.47 Å². The van der Waals surface area contributed by atoms with E-state index in [4.69, 9.17) is 9.47 Å². The van der Waals surface area contributed by atoms with E-state index < -0.39 is 11.5 Å². The van der Waals surface area contributed by atoms with Crippen molar-refractivity contribution in [2.24, 2.45) is 5.41 Å². The van der Waals surface area contributed by atoms with Crippen LogP contribution in [0.5, 0.6) is 0 Å². The zero-order valence-corrected chi connectivity index (χ0v) is 15.2. The van der Waals surface area contributed by atoms with Gasteiger partial charge in [-0.2, -0.15) is 0 Å². The molecule has 1 aliphatic carbocycles. The molecule has 4 nitrogen and oxygen atoms in total. The van der Waals surface area contributed by atoms with Crippen LogP contribution in [0.2, 0.25) is 0 Å². The molecule has 0 N–H and O–H groups in total. The van der Waals surface area contributed by atoms with Crippen molar-refractivity contribution in [1.29, 1.82) is 0 Å². The lowest BCUT2D eigenvalue weighted by atomic mass is 9.78. The number of esters is 2. The molecule has 1 fully saturated rings. The van der Waals surface area contributed by atoms with Crippen LogP contribution in [0.15, 0.2) is 54.6 Å². The molecule has 0 radical (unpaired) electrons. The quantitative estimate of drug-likeness (QED) is 0.760. The monoisotopic (exact) mass is 352 g/mol. The molecule has 26 heavy (non-hydrogen) atoms. The first-order valence-corrected chi connectivity index (χ1v) is 8.95. The molecule has 0 saturated heterocycles. The standard InChI is InChI=1S/C22H24O4/c1-16-8-6-11-18(14-16)20(23)26-19-12-7-13-22(19,21(24)25-2)15-17-9-4-3-5-10-17/h3-6,8-11,14,19H,7,12-13,15H2,1-2H3. The van der Waals surface area contributed by atoms with Crippen molar-refractivity contribution >= 4 is 11.9 Å². The molecule has 3 rings (SSSR count). The number of benzene rings is 2. The summed E-state index contributed by atoms with van der Waals surface area (Å²) < 4.78 is 10.9. The van der Waals surface area contributed by atoms with Crippen molar-refractivity contribution in [3.63, 3.8) is 0 Å². The molecule has 4 heteroatoms. The van der Waals surface area contributed by atoms with Crippen molar-refractivity contribution < 1.29 is 19.1 Å². The summed E-state index contributed by atoms with van der Waals surface area (Å²) in [4.78, 5) is 25.3. The topological polar surface area (TPSA) is 52.6 Å². The maximum atomic E-state index is 12.7. The van der Waals surface area contributed by atoms with Crippen molar-refractivity contribution in [2.45, 2.75) is 38.7 Å². The molecule has 0 heterocycles. The van der Waals surface area contributed by atoms with E-state index in [0.29, 0.717) is 24.8 Å². The third-order valence-electron chi connectivity index (χ3n) is 5.16. The summed E-state index contributed by atoms with van der Waals surface area (Å²) in [5, 5.41) is 0. The highest BCUT2D eigenvalue weighted by molar-refractivity contribution is 5.90. The molecule has 2 aromatic carbocycles. The van der Waals surface area contributed by atoms with Gasteiger partial charge in [0.2, 0.25) is 0 Å². The van der Waals surface area contributed by atoms with Gasteiger partial charge in [-0.15, -0.1) is 0 Å². The van der Waals surface area contributed by atoms with E-state index >= 15 is 0 Å². The second-order valence-electron chi connectivity index (χ2n) is 6.97. The van der Waals surface area contributed by atoms with E-state index in [1.165, 1.54) is 7.11 Å². The van der Waals surface area contributed by atoms with Gasteiger partial charge in [-0.3, -0.25) is 4.79 Å². The molecule has 0 spiro atoms. The van der Waals surface area contributed by atoms with E-state index in [1.807, 2.05) is 49.4 Å². The number of ether oxygens (including phenoxy) is 2. The Kier molecular flexibility index (Phi) is 5.40. The van der Waals surface area contributed by atoms with E-state index in [2.05, 4.69) is 0 Å². The van der Waals surface area contributed by atoms with Gasteiger partial charge in [-0.1, -0.05) is 48.0 Å². The first-order chi connectivity index (χ1) is 12.5. The Morgan fingerprint density at radius 2 is 1.88 bits per heavy atom. The maximum absolute atomic E-state index is 12.7. The lowest BCUT2D eigenvalue weighted by Crippen LogP contribution is -2.43. The summed E-state index contributed by atoms with van der Waals surface area (Å²) in [6, 6.07) is 17.1. The SMILES string of the molecule is COC(=O)C1(Cc2ccccc2)CCCC1OC(=O)c1cccc(C)c1. The molecule has 136 valence electrons. The summed E-state index contributed by atoms with van der Waals surface area (Å²) in [7, 11) is 1.40. The number of carbonyl (C=O) groups is 2. The largest absolute Gasteiger partial charge is 0.468 e. The molecular weight excluding hydrogens is 328 g/mol. The van der Waals surface area contributed by atoms with Crippen molar-refractivity contribution in [3.05, 3.63) is 71.3 Å². The first kappa shape index (κ1) is 18.2. The smallest absolute Gasteiger partial charge is 0.338 e. The third-order valence-corrected chi connectivity index (χ3v) is 5.16. The average Bonchev–Trinajstić information content (AvgIpc) is 3.05. The number of hydrogen-bond donors (Lipinski definition) is 0. The fraction of sp³-hybridized carbons (Fsp3) is 0.364. The minimum absolute atomic E-state index is 0.305. The number of methoxy groups -OCH3 is 1. The summed E-state index contributed by atoms with van der Waals surface area (Å²) in [5.74, 6) is -0.692. The first-order valence-electron chi connectivity index (χ1n) is 8.95. The van der Waals surface area contributed by atoms with Gasteiger partial charge in [0.1, 0.15) is 11.5 Å². The predicted octanol–water partition coefficient (Wildman–Crippen LogP) is 4.11. The molecule has 0 aromatic heterocycles. The Hall–Kier alpha value is -2.62. The van der Waals surface area contributed by atoms with E-state index in [0.717, 1.165) is 17.5 Å². The Morgan fingerprint density at radius 1 is 1.12 bits per heavy atom. The summed E-state index contributed by atoms with van der Waals surface area (Å²) >= 11 is 0. The zero-order valence-electron chi connectivity index (χ0n) is 15.2. The number of rotatable bonds is 5. The van der Waals surface area contributed by atoms with Crippen molar-refractivity contribution in [1.82, 2.24) is 0 Å². The van der Waals surface area contributed by atoms with Gasteiger partial charge in [-0.05, 0) is 50.3 Å². The second-order valence-corrected chi connectivity index (χ2v) is 6.97. The third kappa shape index (κ3) is 3.64. The van der Waals surface area contributed by atoms with Gasteiger partial charge >= 0.3 is 11.9 Å². The Bertz CT molecular complexity index is 784. The Labute approximate surface area is 154 Å². The van der Waals surface area contributed by atoms with Gasteiger partial charge in [0, 0.05) is 0 Å². The van der Waals surface area contributed by atoms with E-state index in [9.17, 15) is 9.59 Å². The number of carbonyl (C=O) groups excluding carboxylic acids is 2. The van der Waals surface area contributed by atoms with Crippen LogP contribution >= 0.6 is 0 Å². The van der Waals surface area contributed by atoms with Gasteiger partial charge in [0.25, 0.3) is 0 Å². The highest BCUT2D eigenvalue weighted by atomic mass is 16.6. The van der Waals surface area contributed by atoms with Crippen LogP contribution in [-0.4, -0.2) is 25.2 Å².